The fourth-order valence-electron chi connectivity index (χ4n) is 1.61. The van der Waals surface area contributed by atoms with Crippen molar-refractivity contribution in [3.05, 3.63) is 12.7 Å². The van der Waals surface area contributed by atoms with Crippen LogP contribution in [0.15, 0.2) is 12.7 Å². The molecule has 0 aromatic carbocycles. The lowest BCUT2D eigenvalue weighted by molar-refractivity contribution is 0.214. The predicted molar refractivity (Wildman–Crippen MR) is 62.5 cm³/mol. The highest BCUT2D eigenvalue weighted by Crippen LogP contribution is 2.19. The van der Waals surface area contributed by atoms with Crippen LogP contribution in [0.1, 0.15) is 26.7 Å². The number of hydrogen-bond donors (Lipinski definition) is 1. The molecular weight excluding hydrogens is 172 g/mol. The Balaban J connectivity index is 2.18. The Morgan fingerprint density at radius 2 is 2.14 bits per heavy atom. The van der Waals surface area contributed by atoms with Gasteiger partial charge in [-0.25, -0.2) is 0 Å². The minimum atomic E-state index is 0.624. The molecule has 2 atom stereocenters. The van der Waals surface area contributed by atoms with Crippen molar-refractivity contribution in [2.45, 2.75) is 38.8 Å². The van der Waals surface area contributed by atoms with Gasteiger partial charge in [-0.15, -0.1) is 6.58 Å². The van der Waals surface area contributed by atoms with E-state index in [-0.39, 0.29) is 0 Å². The maximum atomic E-state index is 3.77. The molecule has 0 radical (unpaired) electrons. The molecule has 0 bridgehead atoms. The van der Waals surface area contributed by atoms with Crippen molar-refractivity contribution < 1.29 is 0 Å². The van der Waals surface area contributed by atoms with E-state index < -0.39 is 0 Å². The van der Waals surface area contributed by atoms with Crippen LogP contribution in [0.25, 0.3) is 0 Å². The molecule has 1 fully saturated rings. The number of likely N-dealkylation sites (N-methyl/N-ethyl adjacent to an activating group) is 1. The van der Waals surface area contributed by atoms with Gasteiger partial charge in [0.15, 0.2) is 0 Å². The molecular formula is C12H24N2. The fourth-order valence-corrected chi connectivity index (χ4v) is 1.61. The molecule has 1 N–H and O–H groups in total. The SMILES string of the molecule is C=CCN(C)C(C)C(C)CNC1CC1. The number of rotatable bonds is 7. The third kappa shape index (κ3) is 3.81. The molecule has 0 aliphatic heterocycles. The Kier molecular flexibility index (Phi) is 4.63. The molecule has 2 unspecified atom stereocenters. The Hall–Kier alpha value is -0.340. The van der Waals surface area contributed by atoms with Gasteiger partial charge in [-0.3, -0.25) is 4.90 Å². The van der Waals surface area contributed by atoms with Crippen LogP contribution >= 0.6 is 0 Å². The monoisotopic (exact) mass is 196 g/mol. The molecule has 14 heavy (non-hydrogen) atoms. The van der Waals surface area contributed by atoms with Crippen LogP contribution in [-0.4, -0.2) is 37.1 Å². The van der Waals surface area contributed by atoms with Crippen molar-refractivity contribution in [1.29, 1.82) is 0 Å². The summed E-state index contributed by atoms with van der Waals surface area (Å²) in [6.07, 6.45) is 4.73. The van der Waals surface area contributed by atoms with Crippen molar-refractivity contribution in [1.82, 2.24) is 10.2 Å². The van der Waals surface area contributed by atoms with E-state index >= 15 is 0 Å². The molecule has 0 amide bonds. The normalized spacial score (nSPS) is 20.9. The first-order chi connectivity index (χ1) is 6.65. The van der Waals surface area contributed by atoms with Gasteiger partial charge in [-0.1, -0.05) is 13.0 Å². The van der Waals surface area contributed by atoms with Gasteiger partial charge < -0.3 is 5.32 Å². The zero-order valence-corrected chi connectivity index (χ0v) is 9.79. The lowest BCUT2D eigenvalue weighted by Crippen LogP contribution is -2.39. The molecule has 1 rings (SSSR count). The number of hydrogen-bond acceptors (Lipinski definition) is 2. The van der Waals surface area contributed by atoms with Crippen LogP contribution in [0.5, 0.6) is 0 Å². The highest BCUT2D eigenvalue weighted by molar-refractivity contribution is 4.84. The summed E-state index contributed by atoms with van der Waals surface area (Å²) in [6, 6.07) is 1.45. The van der Waals surface area contributed by atoms with Crippen LogP contribution in [0.3, 0.4) is 0 Å². The van der Waals surface area contributed by atoms with Crippen molar-refractivity contribution in [3.8, 4) is 0 Å². The maximum absolute atomic E-state index is 3.77. The third-order valence-corrected chi connectivity index (χ3v) is 3.24. The summed E-state index contributed by atoms with van der Waals surface area (Å²) in [6.45, 7) is 10.5. The van der Waals surface area contributed by atoms with E-state index in [9.17, 15) is 0 Å². The van der Waals surface area contributed by atoms with Gasteiger partial charge in [0.05, 0.1) is 0 Å². The Labute approximate surface area is 88.4 Å². The molecule has 1 aliphatic rings. The van der Waals surface area contributed by atoms with Gasteiger partial charge in [0.1, 0.15) is 0 Å². The van der Waals surface area contributed by atoms with Crippen LogP contribution in [-0.2, 0) is 0 Å². The maximum Gasteiger partial charge on any atom is 0.0160 e. The molecule has 0 heterocycles. The van der Waals surface area contributed by atoms with Crippen molar-refractivity contribution in [3.63, 3.8) is 0 Å². The lowest BCUT2D eigenvalue weighted by atomic mass is 10.0. The smallest absolute Gasteiger partial charge is 0.0160 e. The molecule has 2 nitrogen and oxygen atoms in total. The van der Waals surface area contributed by atoms with Crippen molar-refractivity contribution in [2.75, 3.05) is 20.1 Å². The third-order valence-electron chi connectivity index (χ3n) is 3.24. The van der Waals surface area contributed by atoms with Gasteiger partial charge in [0.2, 0.25) is 0 Å². The van der Waals surface area contributed by atoms with Gasteiger partial charge in [-0.2, -0.15) is 0 Å². The molecule has 1 saturated carbocycles. The minimum absolute atomic E-state index is 0.624. The molecule has 0 saturated heterocycles. The molecule has 1 aliphatic carbocycles. The summed E-state index contributed by atoms with van der Waals surface area (Å²) < 4.78 is 0. The molecule has 2 heteroatoms. The van der Waals surface area contributed by atoms with E-state index in [0.29, 0.717) is 12.0 Å². The first kappa shape index (κ1) is 11.7. The second kappa shape index (κ2) is 5.52. The largest absolute Gasteiger partial charge is 0.314 e. The zero-order chi connectivity index (χ0) is 10.6. The molecule has 0 aromatic heterocycles. The molecule has 0 spiro atoms. The molecule has 82 valence electrons. The quantitative estimate of drug-likeness (QED) is 0.625. The standard InChI is InChI=1S/C12H24N2/c1-5-8-14(4)11(3)10(2)9-13-12-6-7-12/h5,10-13H,1,6-9H2,2-4H3. The Morgan fingerprint density at radius 3 is 2.64 bits per heavy atom. The predicted octanol–water partition coefficient (Wildman–Crippen LogP) is 1.88. The topological polar surface area (TPSA) is 15.3 Å². The van der Waals surface area contributed by atoms with Crippen LogP contribution in [0.2, 0.25) is 0 Å². The van der Waals surface area contributed by atoms with E-state index in [1.807, 2.05) is 6.08 Å². The first-order valence-electron chi connectivity index (χ1n) is 5.69. The van der Waals surface area contributed by atoms with Gasteiger partial charge in [0.25, 0.3) is 0 Å². The highest BCUT2D eigenvalue weighted by atomic mass is 15.1. The molecule has 0 aromatic rings. The van der Waals surface area contributed by atoms with Crippen molar-refractivity contribution >= 4 is 0 Å². The van der Waals surface area contributed by atoms with E-state index in [4.69, 9.17) is 0 Å². The van der Waals surface area contributed by atoms with Gasteiger partial charge in [-0.05, 0) is 39.3 Å². The van der Waals surface area contributed by atoms with E-state index in [0.717, 1.165) is 19.1 Å². The number of nitrogens with zero attached hydrogens (tertiary/aromatic N) is 1. The fraction of sp³-hybridized carbons (Fsp3) is 0.833. The van der Waals surface area contributed by atoms with E-state index in [2.05, 4.69) is 37.7 Å². The summed E-state index contributed by atoms with van der Waals surface area (Å²) in [4.78, 5) is 2.35. The summed E-state index contributed by atoms with van der Waals surface area (Å²) in [7, 11) is 2.17. The average molecular weight is 196 g/mol. The van der Waals surface area contributed by atoms with Gasteiger partial charge >= 0.3 is 0 Å². The first-order valence-corrected chi connectivity index (χ1v) is 5.69. The van der Waals surface area contributed by atoms with Gasteiger partial charge in [0, 0.05) is 18.6 Å². The van der Waals surface area contributed by atoms with E-state index in [1.54, 1.807) is 0 Å². The summed E-state index contributed by atoms with van der Waals surface area (Å²) in [5.74, 6) is 0.709. The second-order valence-corrected chi connectivity index (χ2v) is 4.63. The summed E-state index contributed by atoms with van der Waals surface area (Å²) in [5, 5.41) is 3.58. The van der Waals surface area contributed by atoms with Crippen LogP contribution in [0, 0.1) is 5.92 Å². The van der Waals surface area contributed by atoms with E-state index in [1.165, 1.54) is 12.8 Å². The minimum Gasteiger partial charge on any atom is -0.314 e. The highest BCUT2D eigenvalue weighted by Gasteiger charge is 2.23. The Bertz CT molecular complexity index is 175. The lowest BCUT2D eigenvalue weighted by Gasteiger charge is -2.29. The summed E-state index contributed by atoms with van der Waals surface area (Å²) in [5.41, 5.74) is 0. The zero-order valence-electron chi connectivity index (χ0n) is 9.79. The number of nitrogens with one attached hydrogen (secondary N) is 1. The Morgan fingerprint density at radius 1 is 1.50 bits per heavy atom. The van der Waals surface area contributed by atoms with Crippen LogP contribution < -0.4 is 5.32 Å². The van der Waals surface area contributed by atoms with Crippen LogP contribution in [0.4, 0.5) is 0 Å². The van der Waals surface area contributed by atoms with Crippen molar-refractivity contribution in [2.24, 2.45) is 5.92 Å². The second-order valence-electron chi connectivity index (χ2n) is 4.63. The average Bonchev–Trinajstić information content (AvgIpc) is 2.97. The summed E-state index contributed by atoms with van der Waals surface area (Å²) >= 11 is 0.